The highest BCUT2D eigenvalue weighted by Gasteiger charge is 2.20. The molecule has 0 bridgehead atoms. The van der Waals surface area contributed by atoms with Crippen LogP contribution in [0.5, 0.6) is 0 Å². The first-order valence-electron chi connectivity index (χ1n) is 22.7. The van der Waals surface area contributed by atoms with E-state index in [1.54, 1.807) is 12.1 Å². The third kappa shape index (κ3) is 6.80. The van der Waals surface area contributed by atoms with Gasteiger partial charge in [0.2, 0.25) is 0 Å². The van der Waals surface area contributed by atoms with Gasteiger partial charge in [-0.1, -0.05) is 133 Å². The van der Waals surface area contributed by atoms with Crippen LogP contribution >= 0.6 is 0 Å². The molecule has 0 amide bonds. The molecule has 69 heavy (non-hydrogen) atoms. The molecular weight excluding hydrogens is 843 g/mol. The van der Waals surface area contributed by atoms with Crippen molar-refractivity contribution in [2.45, 2.75) is 6.92 Å². The number of nitrogens with zero attached hydrogens (tertiary/aromatic N) is 7. The van der Waals surface area contributed by atoms with Crippen molar-refractivity contribution >= 4 is 43.6 Å². The quantitative estimate of drug-likeness (QED) is 0.158. The Labute approximate surface area is 397 Å². The van der Waals surface area contributed by atoms with Crippen LogP contribution in [0.2, 0.25) is 0 Å². The van der Waals surface area contributed by atoms with Crippen LogP contribution in [0, 0.1) is 40.9 Å². The second-order valence-electron chi connectivity index (χ2n) is 17.2. The van der Waals surface area contributed by atoms with E-state index in [0.29, 0.717) is 45.0 Å². The highest BCUT2D eigenvalue weighted by Crippen LogP contribution is 2.39. The van der Waals surface area contributed by atoms with Crippen LogP contribution in [-0.2, 0) is 0 Å². The average Bonchev–Trinajstić information content (AvgIpc) is 3.93. The minimum atomic E-state index is 0.409. The molecule has 0 aliphatic rings. The normalized spacial score (nSPS) is 11.2. The van der Waals surface area contributed by atoms with E-state index in [1.807, 2.05) is 60.7 Å². The van der Waals surface area contributed by atoms with Gasteiger partial charge in [-0.05, 0) is 102 Å². The number of nitriles is 3. The molecule has 0 aliphatic carbocycles. The number of aromatic nitrogens is 4. The molecule has 7 nitrogen and oxygen atoms in total. The van der Waals surface area contributed by atoms with E-state index in [-0.39, 0.29) is 0 Å². The maximum atomic E-state index is 10.7. The number of para-hydroxylation sites is 3. The van der Waals surface area contributed by atoms with Gasteiger partial charge in [0.25, 0.3) is 0 Å². The molecule has 9 aromatic carbocycles. The van der Waals surface area contributed by atoms with E-state index in [9.17, 15) is 15.8 Å². The van der Waals surface area contributed by atoms with Crippen LogP contribution in [0.25, 0.3) is 111 Å². The Morgan fingerprint density at radius 1 is 0.362 bits per heavy atom. The van der Waals surface area contributed by atoms with E-state index >= 15 is 0 Å². The Morgan fingerprint density at radius 3 is 1.43 bits per heavy atom. The summed E-state index contributed by atoms with van der Waals surface area (Å²) in [5.74, 6) is 0.409. The van der Waals surface area contributed by atoms with Gasteiger partial charge in [-0.15, -0.1) is 0 Å². The summed E-state index contributed by atoms with van der Waals surface area (Å²) in [7, 11) is 0. The second-order valence-corrected chi connectivity index (χ2v) is 17.2. The van der Waals surface area contributed by atoms with Gasteiger partial charge in [-0.3, -0.25) is 0 Å². The van der Waals surface area contributed by atoms with Crippen molar-refractivity contribution in [3.05, 3.63) is 229 Å². The zero-order valence-electron chi connectivity index (χ0n) is 37.3. The van der Waals surface area contributed by atoms with Crippen LogP contribution in [0.4, 0.5) is 0 Å². The molecule has 320 valence electrons. The van der Waals surface area contributed by atoms with Gasteiger partial charge in [0.05, 0.1) is 68.4 Å². The minimum absolute atomic E-state index is 0.409. The summed E-state index contributed by atoms with van der Waals surface area (Å²) in [6.07, 6.45) is 0. The maximum Gasteiger partial charge on any atom is 0.161 e. The number of hydrogen-bond donors (Lipinski definition) is 0. The van der Waals surface area contributed by atoms with Crippen LogP contribution in [0.1, 0.15) is 22.3 Å². The predicted octanol–water partition coefficient (Wildman–Crippen LogP) is 14.9. The minimum Gasteiger partial charge on any atom is -0.309 e. The molecule has 12 rings (SSSR count). The number of rotatable bonds is 7. The number of hydrogen-bond acceptors (Lipinski definition) is 5. The molecule has 0 saturated heterocycles. The lowest BCUT2D eigenvalue weighted by Gasteiger charge is -2.15. The predicted molar refractivity (Wildman–Crippen MR) is 277 cm³/mol. The van der Waals surface area contributed by atoms with Gasteiger partial charge >= 0.3 is 0 Å². The molecule has 7 heteroatoms. The third-order valence-electron chi connectivity index (χ3n) is 13.2. The molecule has 0 radical (unpaired) electrons. The fraction of sp³-hybridized carbons (Fsp3) is 0.0161. The van der Waals surface area contributed by atoms with E-state index in [4.69, 9.17) is 9.97 Å². The Kier molecular flexibility index (Phi) is 9.73. The summed E-state index contributed by atoms with van der Waals surface area (Å²) in [5.41, 5.74) is 16.5. The van der Waals surface area contributed by atoms with Gasteiger partial charge in [0.15, 0.2) is 5.82 Å². The molecule has 3 aromatic heterocycles. The molecule has 0 fully saturated rings. The first-order valence-corrected chi connectivity index (χ1v) is 22.7. The average molecular weight is 880 g/mol. The number of aryl methyl sites for hydroxylation is 1. The van der Waals surface area contributed by atoms with E-state index < -0.39 is 0 Å². The smallest absolute Gasteiger partial charge is 0.161 e. The van der Waals surface area contributed by atoms with Crippen molar-refractivity contribution in [2.75, 3.05) is 0 Å². The van der Waals surface area contributed by atoms with Gasteiger partial charge in [-0.25, -0.2) is 9.97 Å². The second kappa shape index (κ2) is 16.5. The molecule has 0 N–H and O–H groups in total. The van der Waals surface area contributed by atoms with Gasteiger partial charge in [0, 0.05) is 55.2 Å². The monoisotopic (exact) mass is 879 g/mol. The summed E-state index contributed by atoms with van der Waals surface area (Å²) in [6.45, 7) is 2.09. The third-order valence-corrected chi connectivity index (χ3v) is 13.2. The Balaban J connectivity index is 0.882. The molecule has 0 atom stereocenters. The standard InChI is InChI=1S/C62H37N7/c1-39-32-48(69-59-21-11-8-18-53(59)54-34-47(30-31-60(54)69)68-57-19-9-6-16-51(57)52-17-7-10-20-58(52)68)33-46(38-65)61(39)43-28-24-41(25-29-43)40-22-26-42(27-23-40)55-35-56(49-14-4-2-12-44(49)36-63)67-62(66-55)50-15-5-3-13-45(50)37-64/h2-35H,1H3. The fourth-order valence-corrected chi connectivity index (χ4v) is 10.0. The zero-order chi connectivity index (χ0) is 46.6. The highest BCUT2D eigenvalue weighted by molar-refractivity contribution is 6.12. The number of fused-ring (bicyclic) bond motifs is 6. The molecule has 3 heterocycles. The SMILES string of the molecule is Cc1cc(-n2c3ccccc3c3cc(-n4c5ccccc5c5ccccc54)ccc32)cc(C#N)c1-c1ccc(-c2ccc(-c3cc(-c4ccccc4C#N)nc(-c4ccccc4C#N)n3)cc2)cc1. The molecule has 12 aromatic rings. The summed E-state index contributed by atoms with van der Waals surface area (Å²) in [6, 6.07) is 76.8. The Morgan fingerprint density at radius 2 is 0.826 bits per heavy atom. The zero-order valence-corrected chi connectivity index (χ0v) is 37.3. The lowest BCUT2D eigenvalue weighted by atomic mass is 9.93. The van der Waals surface area contributed by atoms with Crippen LogP contribution in [-0.4, -0.2) is 19.1 Å². The first-order chi connectivity index (χ1) is 34.0. The fourth-order valence-electron chi connectivity index (χ4n) is 10.0. The van der Waals surface area contributed by atoms with Crippen LogP contribution in [0.3, 0.4) is 0 Å². The van der Waals surface area contributed by atoms with Crippen LogP contribution in [0.15, 0.2) is 206 Å². The Hall–Kier alpha value is -9.87. The summed E-state index contributed by atoms with van der Waals surface area (Å²) >= 11 is 0. The largest absolute Gasteiger partial charge is 0.309 e. The highest BCUT2D eigenvalue weighted by atomic mass is 15.0. The molecular formula is C62H37N7. The van der Waals surface area contributed by atoms with Crippen molar-refractivity contribution in [2.24, 2.45) is 0 Å². The lowest BCUT2D eigenvalue weighted by Crippen LogP contribution is -1.99. The maximum absolute atomic E-state index is 10.7. The summed E-state index contributed by atoms with van der Waals surface area (Å²) in [5, 5.41) is 35.3. The van der Waals surface area contributed by atoms with Crippen molar-refractivity contribution in [1.82, 2.24) is 19.1 Å². The van der Waals surface area contributed by atoms with Crippen molar-refractivity contribution in [1.29, 1.82) is 15.8 Å². The van der Waals surface area contributed by atoms with E-state index in [0.717, 1.165) is 66.6 Å². The van der Waals surface area contributed by atoms with Crippen molar-refractivity contribution < 1.29 is 0 Å². The topological polar surface area (TPSA) is 107 Å². The Bertz CT molecular complexity index is 4040. The van der Waals surface area contributed by atoms with Gasteiger partial charge in [-0.2, -0.15) is 15.8 Å². The van der Waals surface area contributed by atoms with Gasteiger partial charge < -0.3 is 9.13 Å². The van der Waals surface area contributed by atoms with Crippen LogP contribution < -0.4 is 0 Å². The summed E-state index contributed by atoms with van der Waals surface area (Å²) < 4.78 is 4.64. The molecule has 0 aliphatic heterocycles. The molecule has 0 spiro atoms. The van der Waals surface area contributed by atoms with Crippen molar-refractivity contribution in [3.8, 4) is 85.7 Å². The first kappa shape index (κ1) is 40.6. The van der Waals surface area contributed by atoms with Gasteiger partial charge in [0.1, 0.15) is 0 Å². The van der Waals surface area contributed by atoms with Crippen molar-refractivity contribution in [3.63, 3.8) is 0 Å². The summed E-state index contributed by atoms with van der Waals surface area (Å²) in [4.78, 5) is 9.81. The van der Waals surface area contributed by atoms with E-state index in [1.165, 1.54) is 21.8 Å². The lowest BCUT2D eigenvalue weighted by molar-refractivity contribution is 1.16. The molecule has 0 saturated carbocycles. The molecule has 0 unspecified atom stereocenters. The van der Waals surface area contributed by atoms with E-state index in [2.05, 4.69) is 168 Å². The number of benzene rings is 9.